The number of carboxylic acids is 2. The van der Waals surface area contributed by atoms with Gasteiger partial charge in [0.15, 0.2) is 5.96 Å². The lowest BCUT2D eigenvalue weighted by Crippen LogP contribution is -2.59. The van der Waals surface area contributed by atoms with E-state index in [4.69, 9.17) is 17.2 Å². The molecule has 3 aromatic carbocycles. The molecule has 2 fully saturated rings. The van der Waals surface area contributed by atoms with Gasteiger partial charge in [-0.1, -0.05) is 72.8 Å². The number of aliphatic carboxylic acids is 2. The summed E-state index contributed by atoms with van der Waals surface area (Å²) in [5.41, 5.74) is 17.7. The molecule has 3 aromatic rings. The third-order valence-electron chi connectivity index (χ3n) is 13.8. The average molecular weight is 1180 g/mol. The number of nitrogens with two attached hydrogens (primary N) is 3. The normalized spacial score (nSPS) is 16.5. The molecule has 85 heavy (non-hydrogen) atoms. The van der Waals surface area contributed by atoms with E-state index in [0.29, 0.717) is 42.5 Å². The first-order chi connectivity index (χ1) is 40.6. The highest BCUT2D eigenvalue weighted by molar-refractivity contribution is 5.98. The SMILES string of the molecule is NC(=O)CC[C@H](NC(=O)CNC(=O)[C@@H]1CCCN1C(=O)[C@H](CCCN=C(N)N)NC(=O)[C@@H]1CCCN1)C(=O)NCC(=O)N[C@@H](Cc1ccc(O)cc1)C(=O)N[C@@H](Cc1ccccc1)C(=O)N[C@@H](CC(=O)O)C(=O)N[C@@H](Cc1ccccc1)C(=O)O. The highest BCUT2D eigenvalue weighted by Gasteiger charge is 2.39. The van der Waals surface area contributed by atoms with Crippen LogP contribution in [0.15, 0.2) is 89.9 Å². The van der Waals surface area contributed by atoms with Crippen LogP contribution in [0.2, 0.25) is 0 Å². The Bertz CT molecular complexity index is 2870. The number of hydrogen-bond donors (Lipinski definition) is 15. The van der Waals surface area contributed by atoms with Gasteiger partial charge in [-0.25, -0.2) is 4.79 Å². The molecule has 0 saturated carbocycles. The number of nitrogens with one attached hydrogen (secondary N) is 9. The lowest BCUT2D eigenvalue weighted by Gasteiger charge is -2.29. The Kier molecular flexibility index (Phi) is 26.0. The number of hydrogen-bond acceptors (Lipinski definition) is 15. The Morgan fingerprint density at radius 3 is 1.68 bits per heavy atom. The molecule has 458 valence electrons. The fraction of sp³-hybridized carbons (Fsp3) is 0.446. The number of phenols is 1. The summed E-state index contributed by atoms with van der Waals surface area (Å²) in [5.74, 6) is -11.8. The van der Waals surface area contributed by atoms with Crippen molar-refractivity contribution in [1.29, 1.82) is 0 Å². The molecule has 10 amide bonds. The number of rotatable bonds is 33. The molecule has 0 aliphatic carbocycles. The zero-order chi connectivity index (χ0) is 62.0. The van der Waals surface area contributed by atoms with Crippen LogP contribution < -0.4 is 65.1 Å². The topological polar surface area (TPSA) is 467 Å². The molecule has 2 saturated heterocycles. The van der Waals surface area contributed by atoms with E-state index in [2.05, 4.69) is 52.8 Å². The number of carbonyl (C=O) groups excluding carboxylic acids is 10. The van der Waals surface area contributed by atoms with Gasteiger partial charge in [0.25, 0.3) is 0 Å². The lowest BCUT2D eigenvalue weighted by molar-refractivity contribution is -0.143. The van der Waals surface area contributed by atoms with E-state index < -0.39 is 139 Å². The summed E-state index contributed by atoms with van der Waals surface area (Å²) in [4.78, 5) is 165. The zero-order valence-electron chi connectivity index (χ0n) is 46.6. The Hall–Kier alpha value is -9.67. The summed E-state index contributed by atoms with van der Waals surface area (Å²) in [6, 6.07) is 11.5. The number of phenolic OH excluding ortho intramolecular Hbond substituents is 1. The number of primary amides is 1. The van der Waals surface area contributed by atoms with Crippen LogP contribution in [0, 0.1) is 0 Å². The number of carbonyl (C=O) groups is 12. The van der Waals surface area contributed by atoms with Crippen molar-refractivity contribution in [2.75, 3.05) is 32.7 Å². The van der Waals surface area contributed by atoms with Crippen molar-refractivity contribution in [1.82, 2.24) is 52.8 Å². The van der Waals surface area contributed by atoms with E-state index in [9.17, 15) is 72.9 Å². The molecule has 29 nitrogen and oxygen atoms in total. The second kappa shape index (κ2) is 33.4. The van der Waals surface area contributed by atoms with Crippen molar-refractivity contribution in [3.8, 4) is 5.75 Å². The van der Waals surface area contributed by atoms with Crippen LogP contribution >= 0.6 is 0 Å². The first-order valence-corrected chi connectivity index (χ1v) is 27.6. The molecule has 8 atom stereocenters. The molecule has 2 aliphatic heterocycles. The summed E-state index contributed by atoms with van der Waals surface area (Å²) in [7, 11) is 0. The van der Waals surface area contributed by atoms with Gasteiger partial charge in [-0.3, -0.25) is 57.7 Å². The minimum Gasteiger partial charge on any atom is -0.508 e. The summed E-state index contributed by atoms with van der Waals surface area (Å²) in [6.45, 7) is -0.539. The van der Waals surface area contributed by atoms with Crippen molar-refractivity contribution in [2.24, 2.45) is 22.2 Å². The predicted molar refractivity (Wildman–Crippen MR) is 304 cm³/mol. The third-order valence-corrected chi connectivity index (χ3v) is 13.8. The Morgan fingerprint density at radius 2 is 1.12 bits per heavy atom. The number of nitrogens with zero attached hydrogens (tertiary/aromatic N) is 2. The fourth-order valence-electron chi connectivity index (χ4n) is 9.45. The second-order valence-electron chi connectivity index (χ2n) is 20.4. The van der Waals surface area contributed by atoms with Crippen LogP contribution in [-0.4, -0.2) is 178 Å². The molecule has 18 N–H and O–H groups in total. The number of likely N-dealkylation sites (tertiary alicyclic amines) is 1. The van der Waals surface area contributed by atoms with Crippen LogP contribution in [0.3, 0.4) is 0 Å². The number of amides is 10. The Morgan fingerprint density at radius 1 is 0.576 bits per heavy atom. The second-order valence-corrected chi connectivity index (χ2v) is 20.4. The van der Waals surface area contributed by atoms with E-state index in [1.165, 1.54) is 29.2 Å². The van der Waals surface area contributed by atoms with E-state index in [-0.39, 0.29) is 69.2 Å². The maximum atomic E-state index is 14.3. The largest absolute Gasteiger partial charge is 0.508 e. The smallest absolute Gasteiger partial charge is 0.326 e. The molecular formula is C56H74N14O15. The summed E-state index contributed by atoms with van der Waals surface area (Å²) in [6.07, 6.45) is 0.0232. The molecule has 0 aromatic heterocycles. The Labute approximate surface area is 488 Å². The molecular weight excluding hydrogens is 1110 g/mol. The van der Waals surface area contributed by atoms with E-state index in [0.717, 1.165) is 6.42 Å². The van der Waals surface area contributed by atoms with Crippen molar-refractivity contribution < 1.29 is 72.9 Å². The number of aliphatic imine (C=N–C) groups is 1. The summed E-state index contributed by atoms with van der Waals surface area (Å²) >= 11 is 0. The number of aromatic hydroxyl groups is 1. The first kappa shape index (κ1) is 66.1. The fourth-order valence-corrected chi connectivity index (χ4v) is 9.45. The van der Waals surface area contributed by atoms with E-state index in [1.54, 1.807) is 60.7 Å². The van der Waals surface area contributed by atoms with Crippen LogP contribution in [0.4, 0.5) is 0 Å². The molecule has 2 aliphatic rings. The van der Waals surface area contributed by atoms with Crippen molar-refractivity contribution >= 4 is 77.0 Å². The third kappa shape index (κ3) is 22.5. The maximum Gasteiger partial charge on any atom is 0.326 e. The van der Waals surface area contributed by atoms with Gasteiger partial charge in [-0.15, -0.1) is 0 Å². The molecule has 5 rings (SSSR count). The highest BCUT2D eigenvalue weighted by Crippen LogP contribution is 2.21. The van der Waals surface area contributed by atoms with Crippen LogP contribution in [-0.2, 0) is 76.8 Å². The number of guanidine groups is 1. The molecule has 2 heterocycles. The van der Waals surface area contributed by atoms with Crippen molar-refractivity contribution in [3.05, 3.63) is 102 Å². The predicted octanol–water partition coefficient (Wildman–Crippen LogP) is -3.82. The van der Waals surface area contributed by atoms with Gasteiger partial charge < -0.3 is 85.3 Å². The average Bonchev–Trinajstić information content (AvgIpc) is 4.45. The standard InChI is InChI=1S/C56H74N14O15/c57-44(72)22-21-37(64-45(73)31-63-53(82)43-16-9-25-70(43)54(83)38(15-8-24-61-56(58)59)66-49(78)36-14-7-23-60-36)48(77)62-30-46(74)65-39(27-34-17-19-35(71)20-18-34)50(79)67-40(26-32-10-3-1-4-11-32)51(80)68-41(29-47(75)76)52(81)69-42(55(84)85)28-33-12-5-2-6-13-33/h1-6,10-13,17-20,36-43,60,71H,7-9,14-16,21-31H2,(H2,57,72)(H,62,77)(H,63,82)(H,64,73)(H,65,74)(H,66,78)(H,67,79)(H,68,80)(H,69,81)(H,75,76)(H,84,85)(H4,58,59,61)/t36-,37-,38-,39-,40-,41-,42-,43-/m0/s1. The van der Waals surface area contributed by atoms with Crippen molar-refractivity contribution in [2.45, 2.75) is 125 Å². The minimum atomic E-state index is -1.84. The minimum absolute atomic E-state index is 0.129. The summed E-state index contributed by atoms with van der Waals surface area (Å²) in [5, 5.41) is 52.4. The van der Waals surface area contributed by atoms with E-state index >= 15 is 0 Å². The molecule has 0 unspecified atom stereocenters. The van der Waals surface area contributed by atoms with Crippen molar-refractivity contribution in [3.63, 3.8) is 0 Å². The van der Waals surface area contributed by atoms with Crippen LogP contribution in [0.5, 0.6) is 5.75 Å². The van der Waals surface area contributed by atoms with Gasteiger partial charge in [-0.2, -0.15) is 0 Å². The van der Waals surface area contributed by atoms with Gasteiger partial charge in [-0.05, 0) is 80.3 Å². The van der Waals surface area contributed by atoms with Gasteiger partial charge in [0.2, 0.25) is 59.1 Å². The van der Waals surface area contributed by atoms with Gasteiger partial charge in [0.05, 0.1) is 25.6 Å². The highest BCUT2D eigenvalue weighted by atomic mass is 16.4. The monoisotopic (exact) mass is 1180 g/mol. The molecule has 29 heteroatoms. The lowest BCUT2D eigenvalue weighted by atomic mass is 10.0. The van der Waals surface area contributed by atoms with Crippen LogP contribution in [0.25, 0.3) is 0 Å². The van der Waals surface area contributed by atoms with Gasteiger partial charge in [0, 0.05) is 38.8 Å². The van der Waals surface area contributed by atoms with Gasteiger partial charge in [0.1, 0.15) is 48.0 Å². The number of carboxylic acid groups (broad SMARTS) is 2. The van der Waals surface area contributed by atoms with Gasteiger partial charge >= 0.3 is 11.9 Å². The van der Waals surface area contributed by atoms with Crippen LogP contribution in [0.1, 0.15) is 74.5 Å². The number of benzene rings is 3. The van der Waals surface area contributed by atoms with E-state index in [1.807, 2.05) is 0 Å². The molecule has 0 radical (unpaired) electrons. The quantitative estimate of drug-likeness (QED) is 0.0158. The zero-order valence-corrected chi connectivity index (χ0v) is 46.6. The Balaban J connectivity index is 1.25. The summed E-state index contributed by atoms with van der Waals surface area (Å²) < 4.78 is 0. The first-order valence-electron chi connectivity index (χ1n) is 27.6. The molecule has 0 bridgehead atoms. The molecule has 0 spiro atoms. The maximum absolute atomic E-state index is 14.3.